The van der Waals surface area contributed by atoms with E-state index in [4.69, 9.17) is 9.15 Å². The molecule has 2 aromatic heterocycles. The van der Waals surface area contributed by atoms with Crippen molar-refractivity contribution in [3.8, 4) is 0 Å². The number of aryl methyl sites for hydroxylation is 1. The van der Waals surface area contributed by atoms with E-state index < -0.39 is 5.97 Å². The van der Waals surface area contributed by atoms with E-state index in [1.807, 2.05) is 31.2 Å². The van der Waals surface area contributed by atoms with Crippen LogP contribution in [0.4, 0.5) is 5.69 Å². The molecule has 0 radical (unpaired) electrons. The molecule has 144 valence electrons. The smallest absolute Gasteiger partial charge is 0.331 e. The zero-order valence-electron chi connectivity index (χ0n) is 15.0. The third kappa shape index (κ3) is 6.17. The van der Waals surface area contributed by atoms with Crippen LogP contribution in [0.3, 0.4) is 0 Å². The first-order valence-corrected chi connectivity index (χ1v) is 10.1. The van der Waals surface area contributed by atoms with E-state index in [0.29, 0.717) is 21.1 Å². The molecule has 0 fully saturated rings. The summed E-state index contributed by atoms with van der Waals surface area (Å²) in [6.07, 6.45) is 2.97. The third-order valence-electron chi connectivity index (χ3n) is 3.59. The van der Waals surface area contributed by atoms with Crippen molar-refractivity contribution >= 4 is 50.9 Å². The standard InChI is InChI=1S/C20H17BrN2O4S/c1-13-2-4-14(5-3-13)22-18(24)10-19-23-15(12-28-19)11-26-20(25)9-7-16-6-8-17(21)27-16/h2-9,12H,10-11H2,1H3,(H,22,24)/b9-7+. The van der Waals surface area contributed by atoms with E-state index in [9.17, 15) is 9.59 Å². The summed E-state index contributed by atoms with van der Waals surface area (Å²) in [5.74, 6) is -0.104. The molecule has 2 heterocycles. The minimum atomic E-state index is -0.501. The predicted octanol–water partition coefficient (Wildman–Crippen LogP) is 4.74. The van der Waals surface area contributed by atoms with Gasteiger partial charge >= 0.3 is 5.97 Å². The number of furan rings is 1. The topological polar surface area (TPSA) is 81.4 Å². The molecular formula is C20H17BrN2O4S. The molecule has 3 rings (SSSR count). The van der Waals surface area contributed by atoms with Crippen LogP contribution < -0.4 is 5.32 Å². The first-order chi connectivity index (χ1) is 13.5. The Morgan fingerprint density at radius 3 is 2.75 bits per heavy atom. The van der Waals surface area contributed by atoms with Gasteiger partial charge in [0.05, 0.1) is 12.1 Å². The van der Waals surface area contributed by atoms with Crippen LogP contribution in [0.1, 0.15) is 22.0 Å². The lowest BCUT2D eigenvalue weighted by Crippen LogP contribution is -2.14. The molecule has 1 aromatic carbocycles. The summed E-state index contributed by atoms with van der Waals surface area (Å²) in [5.41, 5.74) is 2.48. The number of carbonyl (C=O) groups is 2. The van der Waals surface area contributed by atoms with Gasteiger partial charge in [-0.2, -0.15) is 0 Å². The largest absolute Gasteiger partial charge is 0.456 e. The summed E-state index contributed by atoms with van der Waals surface area (Å²) in [4.78, 5) is 28.2. The van der Waals surface area contributed by atoms with E-state index in [-0.39, 0.29) is 18.9 Å². The highest BCUT2D eigenvalue weighted by atomic mass is 79.9. The number of nitrogens with one attached hydrogen (secondary N) is 1. The highest BCUT2D eigenvalue weighted by molar-refractivity contribution is 9.10. The minimum Gasteiger partial charge on any atom is -0.456 e. The van der Waals surface area contributed by atoms with Crippen molar-refractivity contribution in [1.29, 1.82) is 0 Å². The van der Waals surface area contributed by atoms with Gasteiger partial charge in [-0.3, -0.25) is 4.79 Å². The van der Waals surface area contributed by atoms with E-state index in [1.165, 1.54) is 23.5 Å². The van der Waals surface area contributed by atoms with Gasteiger partial charge in [0, 0.05) is 17.1 Å². The number of ether oxygens (including phenoxy) is 1. The van der Waals surface area contributed by atoms with Crippen molar-refractivity contribution in [2.24, 2.45) is 0 Å². The van der Waals surface area contributed by atoms with Gasteiger partial charge in [0.15, 0.2) is 4.67 Å². The average Bonchev–Trinajstić information content (AvgIpc) is 3.29. The van der Waals surface area contributed by atoms with Gasteiger partial charge in [-0.1, -0.05) is 17.7 Å². The van der Waals surface area contributed by atoms with Gasteiger partial charge in [0.2, 0.25) is 5.91 Å². The first kappa shape index (κ1) is 20.0. The van der Waals surface area contributed by atoms with E-state index in [0.717, 1.165) is 11.3 Å². The van der Waals surface area contributed by atoms with Crippen molar-refractivity contribution < 1.29 is 18.7 Å². The molecule has 0 aliphatic carbocycles. The number of hydrogen-bond acceptors (Lipinski definition) is 6. The summed E-state index contributed by atoms with van der Waals surface area (Å²) < 4.78 is 11.0. The molecule has 0 saturated heterocycles. The molecule has 8 heteroatoms. The molecule has 1 N–H and O–H groups in total. The Hall–Kier alpha value is -2.71. The van der Waals surface area contributed by atoms with Crippen LogP contribution >= 0.6 is 27.3 Å². The van der Waals surface area contributed by atoms with Gasteiger partial charge in [0.25, 0.3) is 0 Å². The number of amides is 1. The SMILES string of the molecule is Cc1ccc(NC(=O)Cc2nc(COC(=O)/C=C/c3ccc(Br)o3)cs2)cc1. The van der Waals surface area contributed by atoms with Crippen LogP contribution in [0.25, 0.3) is 6.08 Å². The summed E-state index contributed by atoms with van der Waals surface area (Å²) in [6.45, 7) is 2.03. The maximum atomic E-state index is 12.1. The second kappa shape index (κ2) is 9.48. The second-order valence-corrected chi connectivity index (χ2v) is 7.63. The number of anilines is 1. The zero-order valence-corrected chi connectivity index (χ0v) is 17.4. The number of halogens is 1. The Morgan fingerprint density at radius 2 is 2.04 bits per heavy atom. The molecule has 0 aliphatic heterocycles. The summed E-state index contributed by atoms with van der Waals surface area (Å²) in [7, 11) is 0. The maximum Gasteiger partial charge on any atom is 0.331 e. The number of carbonyl (C=O) groups excluding carboxylic acids is 2. The lowest BCUT2D eigenvalue weighted by molar-refractivity contribution is -0.139. The molecule has 1 amide bonds. The molecule has 0 atom stereocenters. The van der Waals surface area contributed by atoms with Gasteiger partial charge in [-0.05, 0) is 53.2 Å². The molecule has 0 aliphatic rings. The third-order valence-corrected chi connectivity index (χ3v) is 4.91. The lowest BCUT2D eigenvalue weighted by atomic mass is 10.2. The fraction of sp³-hybridized carbons (Fsp3) is 0.150. The Kier molecular flexibility index (Phi) is 6.78. The van der Waals surface area contributed by atoms with Crippen molar-refractivity contribution in [3.05, 3.63) is 74.5 Å². The fourth-order valence-electron chi connectivity index (χ4n) is 2.24. The lowest BCUT2D eigenvalue weighted by Gasteiger charge is -2.04. The number of hydrogen-bond donors (Lipinski definition) is 1. The van der Waals surface area contributed by atoms with Crippen LogP contribution in [-0.2, 0) is 27.4 Å². The minimum absolute atomic E-state index is 0.0428. The van der Waals surface area contributed by atoms with E-state index >= 15 is 0 Å². The number of benzene rings is 1. The van der Waals surface area contributed by atoms with Crippen molar-refractivity contribution in [3.63, 3.8) is 0 Å². The predicted molar refractivity (Wildman–Crippen MR) is 111 cm³/mol. The van der Waals surface area contributed by atoms with Crippen LogP contribution in [0.5, 0.6) is 0 Å². The molecular weight excluding hydrogens is 444 g/mol. The molecule has 28 heavy (non-hydrogen) atoms. The fourth-order valence-corrected chi connectivity index (χ4v) is 3.33. The quantitative estimate of drug-likeness (QED) is 0.406. The first-order valence-electron chi connectivity index (χ1n) is 8.38. The highest BCUT2D eigenvalue weighted by Gasteiger charge is 2.10. The van der Waals surface area contributed by atoms with Gasteiger partial charge in [-0.25, -0.2) is 9.78 Å². The van der Waals surface area contributed by atoms with Gasteiger partial charge < -0.3 is 14.5 Å². The van der Waals surface area contributed by atoms with Crippen molar-refractivity contribution in [2.75, 3.05) is 5.32 Å². The summed E-state index contributed by atoms with van der Waals surface area (Å²) in [5, 5.41) is 5.26. The Morgan fingerprint density at radius 1 is 1.25 bits per heavy atom. The Labute approximate surface area is 174 Å². The molecule has 0 bridgehead atoms. The highest BCUT2D eigenvalue weighted by Crippen LogP contribution is 2.16. The molecule has 6 nitrogen and oxygen atoms in total. The second-order valence-electron chi connectivity index (χ2n) is 5.91. The molecule has 3 aromatic rings. The van der Waals surface area contributed by atoms with Gasteiger partial charge in [-0.15, -0.1) is 11.3 Å². The normalized spacial score (nSPS) is 10.9. The zero-order chi connectivity index (χ0) is 19.9. The van der Waals surface area contributed by atoms with E-state index in [2.05, 4.69) is 26.2 Å². The summed E-state index contributed by atoms with van der Waals surface area (Å²) >= 11 is 4.54. The maximum absolute atomic E-state index is 12.1. The average molecular weight is 461 g/mol. The number of thiazole rings is 1. The van der Waals surface area contributed by atoms with Crippen molar-refractivity contribution in [2.45, 2.75) is 20.0 Å². The monoisotopic (exact) mass is 460 g/mol. The Balaban J connectivity index is 1.45. The molecule has 0 unspecified atom stereocenters. The number of rotatable bonds is 7. The molecule has 0 saturated carbocycles. The summed E-state index contributed by atoms with van der Waals surface area (Å²) in [6, 6.07) is 11.0. The molecule has 0 spiro atoms. The Bertz CT molecular complexity index is 992. The van der Waals surface area contributed by atoms with Crippen LogP contribution in [-0.4, -0.2) is 16.9 Å². The van der Waals surface area contributed by atoms with Gasteiger partial charge in [0.1, 0.15) is 17.4 Å². The van der Waals surface area contributed by atoms with Crippen molar-refractivity contribution in [1.82, 2.24) is 4.98 Å². The van der Waals surface area contributed by atoms with E-state index in [1.54, 1.807) is 17.5 Å². The van der Waals surface area contributed by atoms with Crippen LogP contribution in [0, 0.1) is 6.92 Å². The number of esters is 1. The number of nitrogens with zero attached hydrogens (tertiary/aromatic N) is 1. The van der Waals surface area contributed by atoms with Crippen LogP contribution in [0.15, 0.2) is 56.9 Å². The number of aromatic nitrogens is 1. The van der Waals surface area contributed by atoms with Crippen LogP contribution in [0.2, 0.25) is 0 Å².